The van der Waals surface area contributed by atoms with Gasteiger partial charge in [-0.25, -0.2) is 0 Å². The minimum atomic E-state index is -0.653. The first kappa shape index (κ1) is 24.5. The Morgan fingerprint density at radius 2 is 1.83 bits per heavy atom. The quantitative estimate of drug-likeness (QED) is 0.482. The van der Waals surface area contributed by atoms with E-state index in [1.165, 1.54) is 4.90 Å². The summed E-state index contributed by atoms with van der Waals surface area (Å²) < 4.78 is 6.46. The number of nitrogens with one attached hydrogen (secondary N) is 1. The maximum atomic E-state index is 13.1. The van der Waals surface area contributed by atoms with Gasteiger partial charge in [-0.05, 0) is 50.1 Å². The minimum absolute atomic E-state index is 0.0402. The average Bonchev–Trinajstić information content (AvgIpc) is 2.67. The molecule has 0 saturated carbocycles. The molecule has 1 N–H and O–H groups in total. The van der Waals surface area contributed by atoms with E-state index in [0.29, 0.717) is 22.2 Å². The van der Waals surface area contributed by atoms with Crippen molar-refractivity contribution in [3.63, 3.8) is 0 Å². The second-order valence-electron chi connectivity index (χ2n) is 7.06. The number of halogens is 3. The van der Waals surface area contributed by atoms with Crippen molar-refractivity contribution in [2.24, 2.45) is 0 Å². The lowest BCUT2D eigenvalue weighted by molar-refractivity contribution is -0.143. The number of benzene rings is 2. The van der Waals surface area contributed by atoms with Crippen LogP contribution < -0.4 is 10.1 Å². The van der Waals surface area contributed by atoms with E-state index in [4.69, 9.17) is 27.9 Å². The Morgan fingerprint density at radius 1 is 1.13 bits per heavy atom. The summed E-state index contributed by atoms with van der Waals surface area (Å²) in [7, 11) is 0. The molecule has 0 aliphatic carbocycles. The average molecular weight is 516 g/mol. The molecule has 0 aromatic heterocycles. The van der Waals surface area contributed by atoms with Crippen LogP contribution in [0.15, 0.2) is 46.9 Å². The normalized spacial score (nSPS) is 11.8. The van der Waals surface area contributed by atoms with Crippen molar-refractivity contribution in [2.75, 3.05) is 6.61 Å². The zero-order valence-corrected chi connectivity index (χ0v) is 20.2. The predicted molar refractivity (Wildman–Crippen MR) is 124 cm³/mol. The van der Waals surface area contributed by atoms with E-state index in [2.05, 4.69) is 21.2 Å². The van der Waals surface area contributed by atoms with Crippen molar-refractivity contribution in [3.05, 3.63) is 62.5 Å². The lowest BCUT2D eigenvalue weighted by atomic mass is 10.1. The lowest BCUT2D eigenvalue weighted by Crippen LogP contribution is -2.51. The van der Waals surface area contributed by atoms with Gasteiger partial charge in [-0.3, -0.25) is 9.59 Å². The zero-order valence-electron chi connectivity index (χ0n) is 17.1. The molecule has 30 heavy (non-hydrogen) atoms. The third-order valence-corrected chi connectivity index (χ3v) is 5.52. The van der Waals surface area contributed by atoms with E-state index in [0.717, 1.165) is 10.0 Å². The van der Waals surface area contributed by atoms with Crippen molar-refractivity contribution in [1.82, 2.24) is 10.2 Å². The van der Waals surface area contributed by atoms with E-state index in [1.54, 1.807) is 24.3 Å². The minimum Gasteiger partial charge on any atom is -0.482 e. The van der Waals surface area contributed by atoms with Crippen LogP contribution in [-0.4, -0.2) is 35.4 Å². The zero-order chi connectivity index (χ0) is 22.3. The molecular weight excluding hydrogens is 491 g/mol. The maximum absolute atomic E-state index is 13.1. The van der Waals surface area contributed by atoms with Crippen molar-refractivity contribution in [2.45, 2.75) is 45.8 Å². The number of carbonyl (C=O) groups excluding carboxylic acids is 2. The third-order valence-electron chi connectivity index (χ3n) is 4.36. The van der Waals surface area contributed by atoms with Gasteiger partial charge in [-0.2, -0.15) is 0 Å². The van der Waals surface area contributed by atoms with E-state index in [-0.39, 0.29) is 31.0 Å². The Labute approximate surface area is 195 Å². The Bertz CT molecular complexity index is 892. The van der Waals surface area contributed by atoms with Crippen LogP contribution in [0.3, 0.4) is 0 Å². The molecular formula is C22H25BrCl2N2O3. The fourth-order valence-corrected chi connectivity index (χ4v) is 3.85. The summed E-state index contributed by atoms with van der Waals surface area (Å²) in [6, 6.07) is 11.7. The Kier molecular flexibility index (Phi) is 9.46. The van der Waals surface area contributed by atoms with E-state index >= 15 is 0 Å². The highest BCUT2D eigenvalue weighted by molar-refractivity contribution is 9.10. The standard InChI is InChI=1S/C22H25BrCl2N2O3/c1-4-19(22(29)26-14(2)3)27(12-15-7-5-6-8-17(15)24)21(28)13-30-20-10-9-16(23)11-18(20)25/h5-11,14,19H,4,12-13H2,1-3H3,(H,26,29). The van der Waals surface area contributed by atoms with Crippen LogP contribution in [0.1, 0.15) is 32.8 Å². The van der Waals surface area contributed by atoms with Gasteiger partial charge in [0.2, 0.25) is 5.91 Å². The van der Waals surface area contributed by atoms with E-state index in [1.807, 2.05) is 39.0 Å². The highest BCUT2D eigenvalue weighted by Crippen LogP contribution is 2.28. The summed E-state index contributed by atoms with van der Waals surface area (Å²) in [5, 5.41) is 3.81. The number of carbonyl (C=O) groups is 2. The SMILES string of the molecule is CCC(C(=O)NC(C)C)N(Cc1ccccc1Cl)C(=O)COc1ccc(Br)cc1Cl. The van der Waals surface area contributed by atoms with Gasteiger partial charge in [0.15, 0.2) is 6.61 Å². The van der Waals surface area contributed by atoms with Gasteiger partial charge in [0.1, 0.15) is 11.8 Å². The molecule has 0 fully saturated rings. The second-order valence-corrected chi connectivity index (χ2v) is 8.79. The molecule has 1 unspecified atom stereocenters. The molecule has 0 heterocycles. The van der Waals surface area contributed by atoms with Crippen LogP contribution in [0.5, 0.6) is 5.75 Å². The van der Waals surface area contributed by atoms with Gasteiger partial charge in [0, 0.05) is 22.1 Å². The monoisotopic (exact) mass is 514 g/mol. The summed E-state index contributed by atoms with van der Waals surface area (Å²) in [4.78, 5) is 27.4. The molecule has 2 aromatic carbocycles. The number of amides is 2. The van der Waals surface area contributed by atoms with Crippen LogP contribution in [0, 0.1) is 0 Å². The molecule has 8 heteroatoms. The molecule has 162 valence electrons. The molecule has 2 rings (SSSR count). The van der Waals surface area contributed by atoms with Crippen LogP contribution in [-0.2, 0) is 16.1 Å². The van der Waals surface area contributed by atoms with Crippen LogP contribution in [0.2, 0.25) is 10.0 Å². The molecule has 0 bridgehead atoms. The molecule has 0 aliphatic rings. The summed E-state index contributed by atoms with van der Waals surface area (Å²) in [6.45, 7) is 5.56. The van der Waals surface area contributed by atoms with E-state index in [9.17, 15) is 9.59 Å². The van der Waals surface area contributed by atoms with Gasteiger partial charge in [-0.15, -0.1) is 0 Å². The first-order chi connectivity index (χ1) is 14.2. The molecule has 5 nitrogen and oxygen atoms in total. The van der Waals surface area contributed by atoms with Crippen LogP contribution in [0.25, 0.3) is 0 Å². The Hall–Kier alpha value is -1.76. The predicted octanol–water partition coefficient (Wildman–Crippen LogP) is 5.47. The molecule has 0 aliphatic heterocycles. The second kappa shape index (κ2) is 11.6. The van der Waals surface area contributed by atoms with Crippen molar-refractivity contribution >= 4 is 50.9 Å². The number of nitrogens with zero attached hydrogens (tertiary/aromatic N) is 1. The van der Waals surface area contributed by atoms with Gasteiger partial charge in [0.05, 0.1) is 5.02 Å². The third kappa shape index (κ3) is 6.89. The van der Waals surface area contributed by atoms with Crippen molar-refractivity contribution in [3.8, 4) is 5.75 Å². The fourth-order valence-electron chi connectivity index (χ4n) is 2.93. The van der Waals surface area contributed by atoms with Crippen LogP contribution in [0.4, 0.5) is 0 Å². The van der Waals surface area contributed by atoms with E-state index < -0.39 is 6.04 Å². The summed E-state index contributed by atoms with van der Waals surface area (Å²) in [5.74, 6) is -0.153. The number of ether oxygens (including phenoxy) is 1. The molecule has 0 saturated heterocycles. The fraction of sp³-hybridized carbons (Fsp3) is 0.364. The highest BCUT2D eigenvalue weighted by atomic mass is 79.9. The molecule has 2 aromatic rings. The molecule has 0 radical (unpaired) electrons. The van der Waals surface area contributed by atoms with Crippen molar-refractivity contribution in [1.29, 1.82) is 0 Å². The van der Waals surface area contributed by atoms with Gasteiger partial charge in [-0.1, -0.05) is 64.3 Å². The van der Waals surface area contributed by atoms with Gasteiger partial charge >= 0.3 is 0 Å². The summed E-state index contributed by atoms with van der Waals surface area (Å²) in [6.07, 6.45) is 0.452. The number of hydrogen-bond acceptors (Lipinski definition) is 3. The Balaban J connectivity index is 2.25. The highest BCUT2D eigenvalue weighted by Gasteiger charge is 2.29. The number of rotatable bonds is 9. The van der Waals surface area contributed by atoms with Gasteiger partial charge in [0.25, 0.3) is 5.91 Å². The number of hydrogen-bond donors (Lipinski definition) is 1. The maximum Gasteiger partial charge on any atom is 0.261 e. The molecule has 1 atom stereocenters. The molecule has 2 amide bonds. The summed E-state index contributed by atoms with van der Waals surface area (Å²) >= 11 is 15.8. The smallest absolute Gasteiger partial charge is 0.261 e. The van der Waals surface area contributed by atoms with Crippen LogP contribution >= 0.6 is 39.1 Å². The Morgan fingerprint density at radius 3 is 2.43 bits per heavy atom. The first-order valence-electron chi connectivity index (χ1n) is 9.64. The lowest BCUT2D eigenvalue weighted by Gasteiger charge is -2.31. The van der Waals surface area contributed by atoms with Crippen molar-refractivity contribution < 1.29 is 14.3 Å². The molecule has 0 spiro atoms. The first-order valence-corrected chi connectivity index (χ1v) is 11.2. The summed E-state index contributed by atoms with van der Waals surface area (Å²) in [5.41, 5.74) is 0.755. The largest absolute Gasteiger partial charge is 0.482 e. The topological polar surface area (TPSA) is 58.6 Å². The van der Waals surface area contributed by atoms with Gasteiger partial charge < -0.3 is 15.0 Å².